The minimum absolute atomic E-state index is 0.157. The zero-order valence-electron chi connectivity index (χ0n) is 11.1. The van der Waals surface area contributed by atoms with Gasteiger partial charge in [-0.1, -0.05) is 13.8 Å². The van der Waals surface area contributed by atoms with Crippen molar-refractivity contribution in [3.63, 3.8) is 0 Å². The van der Waals surface area contributed by atoms with Crippen LogP contribution >= 0.6 is 11.8 Å². The molecular weight excluding hydrogens is 270 g/mol. The summed E-state index contributed by atoms with van der Waals surface area (Å²) in [5.74, 6) is -1.50. The molecule has 0 bridgehead atoms. The van der Waals surface area contributed by atoms with Crippen molar-refractivity contribution in [1.82, 2.24) is 10.2 Å². The summed E-state index contributed by atoms with van der Waals surface area (Å²) in [5.41, 5.74) is 5.22. The molecule has 1 saturated heterocycles. The van der Waals surface area contributed by atoms with Gasteiger partial charge in [0, 0.05) is 5.75 Å². The summed E-state index contributed by atoms with van der Waals surface area (Å²) >= 11 is 1.38. The van der Waals surface area contributed by atoms with Gasteiger partial charge >= 0.3 is 12.0 Å². The van der Waals surface area contributed by atoms with Gasteiger partial charge < -0.3 is 16.2 Å². The molecule has 19 heavy (non-hydrogen) atoms. The van der Waals surface area contributed by atoms with Crippen LogP contribution in [0.5, 0.6) is 0 Å². The van der Waals surface area contributed by atoms with E-state index < -0.39 is 30.0 Å². The van der Waals surface area contributed by atoms with Crippen LogP contribution in [0.3, 0.4) is 0 Å². The Morgan fingerprint density at radius 3 is 2.42 bits per heavy atom. The summed E-state index contributed by atoms with van der Waals surface area (Å²) in [4.78, 5) is 35.7. The van der Waals surface area contributed by atoms with Crippen molar-refractivity contribution in [1.29, 1.82) is 0 Å². The normalized spacial score (nSPS) is 24.3. The Kier molecular flexibility index (Phi) is 5.04. The Bertz CT molecular complexity index is 388. The van der Waals surface area contributed by atoms with E-state index >= 15 is 0 Å². The minimum Gasteiger partial charge on any atom is -0.480 e. The standard InChI is InChI=1S/C11H19N3O4S/c1-5(2)8(9(12)15)13-11(18)14-6(3)19-4-7(14)10(16)17/h5-8H,4H2,1-3H3,(H2,12,15)(H,13,18)(H,16,17). The maximum absolute atomic E-state index is 12.1. The second-order valence-electron chi connectivity index (χ2n) is 4.77. The molecule has 4 N–H and O–H groups in total. The van der Waals surface area contributed by atoms with E-state index in [9.17, 15) is 14.4 Å². The smallest absolute Gasteiger partial charge is 0.327 e. The lowest BCUT2D eigenvalue weighted by atomic mass is 10.0. The number of carbonyl (C=O) groups is 3. The summed E-state index contributed by atoms with van der Waals surface area (Å²) in [6.45, 7) is 5.26. The van der Waals surface area contributed by atoms with Gasteiger partial charge in [-0.2, -0.15) is 0 Å². The van der Waals surface area contributed by atoms with Gasteiger partial charge in [0.15, 0.2) is 0 Å². The summed E-state index contributed by atoms with van der Waals surface area (Å²) < 4.78 is 0. The second-order valence-corrected chi connectivity index (χ2v) is 6.12. The number of amides is 3. The predicted octanol–water partition coefficient (Wildman–Crippen LogP) is 0.0539. The minimum atomic E-state index is -1.05. The fourth-order valence-electron chi connectivity index (χ4n) is 1.92. The van der Waals surface area contributed by atoms with Crippen LogP contribution in [0.25, 0.3) is 0 Å². The first-order chi connectivity index (χ1) is 8.75. The van der Waals surface area contributed by atoms with Crippen molar-refractivity contribution in [2.24, 2.45) is 11.7 Å². The molecule has 0 saturated carbocycles. The molecule has 0 radical (unpaired) electrons. The van der Waals surface area contributed by atoms with Gasteiger partial charge in [0.25, 0.3) is 0 Å². The molecule has 3 unspecified atom stereocenters. The highest BCUT2D eigenvalue weighted by molar-refractivity contribution is 8.00. The van der Waals surface area contributed by atoms with Crippen molar-refractivity contribution in [2.45, 2.75) is 38.2 Å². The number of urea groups is 1. The van der Waals surface area contributed by atoms with Gasteiger partial charge in [0.1, 0.15) is 12.1 Å². The van der Waals surface area contributed by atoms with E-state index in [1.807, 2.05) is 0 Å². The molecule has 1 fully saturated rings. The molecule has 3 amide bonds. The summed E-state index contributed by atoms with van der Waals surface area (Å²) in [7, 11) is 0. The number of primary amides is 1. The Morgan fingerprint density at radius 2 is 2.00 bits per heavy atom. The second kappa shape index (κ2) is 6.14. The zero-order valence-corrected chi connectivity index (χ0v) is 11.9. The van der Waals surface area contributed by atoms with Crippen molar-refractivity contribution < 1.29 is 19.5 Å². The van der Waals surface area contributed by atoms with Crippen molar-refractivity contribution in [3.8, 4) is 0 Å². The molecule has 1 aliphatic heterocycles. The number of hydrogen-bond acceptors (Lipinski definition) is 4. The van der Waals surface area contributed by atoms with Crippen LogP contribution in [0.4, 0.5) is 4.79 Å². The summed E-state index contributed by atoms with van der Waals surface area (Å²) in [5, 5.41) is 11.3. The molecule has 1 heterocycles. The van der Waals surface area contributed by atoms with Gasteiger partial charge in [-0.15, -0.1) is 11.8 Å². The van der Waals surface area contributed by atoms with Gasteiger partial charge in [0.2, 0.25) is 5.91 Å². The van der Waals surface area contributed by atoms with Gasteiger partial charge in [-0.05, 0) is 12.8 Å². The fourth-order valence-corrected chi connectivity index (χ4v) is 3.08. The maximum Gasteiger partial charge on any atom is 0.327 e. The van der Waals surface area contributed by atoms with Crippen LogP contribution in [-0.4, -0.2) is 51.1 Å². The van der Waals surface area contributed by atoms with Crippen LogP contribution in [0.1, 0.15) is 20.8 Å². The molecule has 0 aromatic carbocycles. The molecule has 1 aliphatic rings. The molecule has 7 nitrogen and oxygen atoms in total. The SMILES string of the molecule is CC(C)C(NC(=O)N1C(C)SCC1C(=O)O)C(N)=O. The van der Waals surface area contributed by atoms with Gasteiger partial charge in [-0.25, -0.2) is 9.59 Å². The lowest BCUT2D eigenvalue weighted by Gasteiger charge is -2.28. The lowest BCUT2D eigenvalue weighted by molar-refractivity contribution is -0.141. The maximum atomic E-state index is 12.1. The van der Waals surface area contributed by atoms with Crippen LogP contribution in [0.2, 0.25) is 0 Å². The molecule has 8 heteroatoms. The van der Waals surface area contributed by atoms with Crippen LogP contribution in [0.15, 0.2) is 0 Å². The first-order valence-corrected chi connectivity index (χ1v) is 7.03. The van der Waals surface area contributed by atoms with Crippen LogP contribution in [-0.2, 0) is 9.59 Å². The summed E-state index contributed by atoms with van der Waals surface area (Å²) in [6, 6.07) is -2.25. The molecule has 0 spiro atoms. The number of carboxylic acid groups (broad SMARTS) is 1. The average Bonchev–Trinajstić information content (AvgIpc) is 2.66. The van der Waals surface area contributed by atoms with E-state index in [4.69, 9.17) is 10.8 Å². The molecular formula is C11H19N3O4S. The van der Waals surface area contributed by atoms with Crippen molar-refractivity contribution in [3.05, 3.63) is 0 Å². The van der Waals surface area contributed by atoms with Crippen LogP contribution < -0.4 is 11.1 Å². The largest absolute Gasteiger partial charge is 0.480 e. The third-order valence-electron chi connectivity index (χ3n) is 2.99. The van der Waals surface area contributed by atoms with Gasteiger partial charge in [0.05, 0.1) is 5.37 Å². The molecule has 1 rings (SSSR count). The Morgan fingerprint density at radius 1 is 1.42 bits per heavy atom. The molecule has 108 valence electrons. The van der Waals surface area contributed by atoms with Crippen molar-refractivity contribution in [2.75, 3.05) is 5.75 Å². The molecule has 0 aromatic heterocycles. The van der Waals surface area contributed by atoms with E-state index in [1.54, 1.807) is 20.8 Å². The first-order valence-electron chi connectivity index (χ1n) is 5.98. The van der Waals surface area contributed by atoms with E-state index in [0.29, 0.717) is 5.75 Å². The van der Waals surface area contributed by atoms with Crippen LogP contribution in [0, 0.1) is 5.92 Å². The molecule has 0 aliphatic carbocycles. The molecule has 3 atom stereocenters. The number of nitrogens with zero attached hydrogens (tertiary/aromatic N) is 1. The lowest BCUT2D eigenvalue weighted by Crippen LogP contribution is -2.56. The zero-order chi connectivity index (χ0) is 14.7. The van der Waals surface area contributed by atoms with Crippen molar-refractivity contribution >= 4 is 29.7 Å². The number of thioether (sulfide) groups is 1. The number of hydrogen-bond donors (Lipinski definition) is 3. The highest BCUT2D eigenvalue weighted by Crippen LogP contribution is 2.28. The van der Waals surface area contributed by atoms with E-state index in [-0.39, 0.29) is 11.3 Å². The Balaban J connectivity index is 2.80. The predicted molar refractivity (Wildman–Crippen MR) is 71.5 cm³/mol. The highest BCUT2D eigenvalue weighted by atomic mass is 32.2. The third kappa shape index (κ3) is 3.52. The fraction of sp³-hybridized carbons (Fsp3) is 0.727. The van der Waals surface area contributed by atoms with E-state index in [0.717, 1.165) is 0 Å². The Labute approximate surface area is 115 Å². The summed E-state index contributed by atoms with van der Waals surface area (Å²) in [6.07, 6.45) is 0. The quantitative estimate of drug-likeness (QED) is 0.677. The Hall–Kier alpha value is -1.44. The number of carboxylic acids is 1. The number of nitrogens with one attached hydrogen (secondary N) is 1. The average molecular weight is 289 g/mol. The highest BCUT2D eigenvalue weighted by Gasteiger charge is 2.40. The van der Waals surface area contributed by atoms with E-state index in [1.165, 1.54) is 16.7 Å². The number of aliphatic carboxylic acids is 1. The number of carbonyl (C=O) groups excluding carboxylic acids is 2. The topological polar surface area (TPSA) is 113 Å². The number of rotatable bonds is 4. The first kappa shape index (κ1) is 15.6. The van der Waals surface area contributed by atoms with Gasteiger partial charge in [-0.3, -0.25) is 9.69 Å². The monoisotopic (exact) mass is 289 g/mol. The third-order valence-corrected chi connectivity index (χ3v) is 4.21. The number of nitrogens with two attached hydrogens (primary N) is 1. The molecule has 0 aromatic rings. The van der Waals surface area contributed by atoms with E-state index in [2.05, 4.69) is 5.32 Å².